The van der Waals surface area contributed by atoms with Crippen molar-refractivity contribution in [2.75, 3.05) is 11.4 Å². The van der Waals surface area contributed by atoms with Crippen LogP contribution in [0, 0.1) is 0 Å². The molecule has 0 N–H and O–H groups in total. The SMILES string of the molecule is Cn1cc(CCC(=O)N2CCc3ccccc32)c2ccccc21. The summed E-state index contributed by atoms with van der Waals surface area (Å²) >= 11 is 0. The number of rotatable bonds is 3. The van der Waals surface area contributed by atoms with Gasteiger partial charge in [0.25, 0.3) is 0 Å². The van der Waals surface area contributed by atoms with Gasteiger partial charge in [-0.2, -0.15) is 0 Å². The van der Waals surface area contributed by atoms with E-state index in [0.717, 1.165) is 25.1 Å². The van der Waals surface area contributed by atoms with Crippen LogP contribution in [0.25, 0.3) is 10.9 Å². The quantitative estimate of drug-likeness (QED) is 0.724. The second-order valence-corrected chi connectivity index (χ2v) is 6.21. The molecule has 116 valence electrons. The number of carbonyl (C=O) groups is 1. The highest BCUT2D eigenvalue weighted by Crippen LogP contribution is 2.28. The molecular formula is C20H20N2O. The molecule has 3 nitrogen and oxygen atoms in total. The van der Waals surface area contributed by atoms with Crippen molar-refractivity contribution in [3.05, 3.63) is 65.9 Å². The van der Waals surface area contributed by atoms with Crippen LogP contribution in [0.2, 0.25) is 0 Å². The first-order valence-electron chi connectivity index (χ1n) is 8.15. The van der Waals surface area contributed by atoms with E-state index in [4.69, 9.17) is 0 Å². The minimum atomic E-state index is 0.225. The predicted molar refractivity (Wildman–Crippen MR) is 93.7 cm³/mol. The fraction of sp³-hybridized carbons (Fsp3) is 0.250. The van der Waals surface area contributed by atoms with Crippen LogP contribution in [0.5, 0.6) is 0 Å². The summed E-state index contributed by atoms with van der Waals surface area (Å²) in [7, 11) is 2.06. The van der Waals surface area contributed by atoms with E-state index in [1.54, 1.807) is 0 Å². The van der Waals surface area contributed by atoms with Crippen molar-refractivity contribution >= 4 is 22.5 Å². The Hall–Kier alpha value is -2.55. The van der Waals surface area contributed by atoms with Crippen molar-refractivity contribution in [1.82, 2.24) is 4.57 Å². The van der Waals surface area contributed by atoms with Crippen molar-refractivity contribution in [2.24, 2.45) is 7.05 Å². The van der Waals surface area contributed by atoms with E-state index in [2.05, 4.69) is 54.2 Å². The van der Waals surface area contributed by atoms with E-state index < -0.39 is 0 Å². The van der Waals surface area contributed by atoms with Crippen LogP contribution in [0.15, 0.2) is 54.7 Å². The molecule has 4 rings (SSSR count). The number of nitrogens with zero attached hydrogens (tertiary/aromatic N) is 2. The van der Waals surface area contributed by atoms with Crippen LogP contribution in [0.3, 0.4) is 0 Å². The number of anilines is 1. The van der Waals surface area contributed by atoms with Crippen molar-refractivity contribution in [1.29, 1.82) is 0 Å². The second-order valence-electron chi connectivity index (χ2n) is 6.21. The highest BCUT2D eigenvalue weighted by atomic mass is 16.2. The summed E-state index contributed by atoms with van der Waals surface area (Å²) in [5.74, 6) is 0.225. The first-order valence-corrected chi connectivity index (χ1v) is 8.15. The summed E-state index contributed by atoms with van der Waals surface area (Å²) in [6.07, 6.45) is 4.47. The number of aryl methyl sites for hydroxylation is 2. The molecule has 1 amide bonds. The fourth-order valence-corrected chi connectivity index (χ4v) is 3.60. The van der Waals surface area contributed by atoms with Crippen LogP contribution >= 0.6 is 0 Å². The predicted octanol–water partition coefficient (Wildman–Crippen LogP) is 3.70. The van der Waals surface area contributed by atoms with E-state index in [1.807, 2.05) is 17.0 Å². The molecule has 0 unspecified atom stereocenters. The van der Waals surface area contributed by atoms with Crippen LogP contribution in [0.4, 0.5) is 5.69 Å². The Morgan fingerprint density at radius 2 is 1.87 bits per heavy atom. The molecule has 2 aromatic carbocycles. The maximum absolute atomic E-state index is 12.6. The van der Waals surface area contributed by atoms with Gasteiger partial charge in [-0.1, -0.05) is 36.4 Å². The molecule has 3 aromatic rings. The van der Waals surface area contributed by atoms with Crippen LogP contribution < -0.4 is 4.90 Å². The van der Waals surface area contributed by atoms with Gasteiger partial charge in [-0.3, -0.25) is 4.79 Å². The lowest BCUT2D eigenvalue weighted by atomic mass is 10.1. The molecule has 0 saturated heterocycles. The number of amides is 1. The Labute approximate surface area is 136 Å². The molecule has 0 radical (unpaired) electrons. The summed E-state index contributed by atoms with van der Waals surface area (Å²) in [5.41, 5.74) is 4.85. The third-order valence-corrected chi connectivity index (χ3v) is 4.78. The highest BCUT2D eigenvalue weighted by Gasteiger charge is 2.23. The molecule has 0 atom stereocenters. The monoisotopic (exact) mass is 304 g/mol. The molecule has 0 bridgehead atoms. The zero-order valence-electron chi connectivity index (χ0n) is 13.3. The smallest absolute Gasteiger partial charge is 0.227 e. The van der Waals surface area contributed by atoms with Gasteiger partial charge in [-0.05, 0) is 36.1 Å². The standard InChI is InChI=1S/C20H20N2O/c1-21-14-16(17-7-3-5-9-19(17)21)10-11-20(23)22-13-12-15-6-2-4-8-18(15)22/h2-9,14H,10-13H2,1H3. The van der Waals surface area contributed by atoms with Gasteiger partial charge >= 0.3 is 0 Å². The molecule has 0 aliphatic carbocycles. The Balaban J connectivity index is 1.52. The van der Waals surface area contributed by atoms with Gasteiger partial charge in [0.1, 0.15) is 0 Å². The molecule has 1 aliphatic heterocycles. The number of para-hydroxylation sites is 2. The van der Waals surface area contributed by atoms with E-state index in [9.17, 15) is 4.79 Å². The highest BCUT2D eigenvalue weighted by molar-refractivity contribution is 5.96. The normalized spacial score (nSPS) is 13.5. The van der Waals surface area contributed by atoms with Crippen molar-refractivity contribution < 1.29 is 4.79 Å². The minimum Gasteiger partial charge on any atom is -0.350 e. The largest absolute Gasteiger partial charge is 0.350 e. The second kappa shape index (κ2) is 5.58. The van der Waals surface area contributed by atoms with Gasteiger partial charge in [-0.25, -0.2) is 0 Å². The number of fused-ring (bicyclic) bond motifs is 2. The molecule has 0 fully saturated rings. The lowest BCUT2D eigenvalue weighted by molar-refractivity contribution is -0.118. The van der Waals surface area contributed by atoms with Crippen LogP contribution in [-0.2, 0) is 24.7 Å². The lowest BCUT2D eigenvalue weighted by Crippen LogP contribution is -2.28. The van der Waals surface area contributed by atoms with Gasteiger partial charge < -0.3 is 9.47 Å². The third kappa shape index (κ3) is 2.42. The zero-order chi connectivity index (χ0) is 15.8. The van der Waals surface area contributed by atoms with Crippen molar-refractivity contribution in [2.45, 2.75) is 19.3 Å². The maximum atomic E-state index is 12.6. The average Bonchev–Trinajstić information content (AvgIpc) is 3.15. The fourth-order valence-electron chi connectivity index (χ4n) is 3.60. The molecule has 0 saturated carbocycles. The number of aromatic nitrogens is 1. The summed E-state index contributed by atoms with van der Waals surface area (Å²) < 4.78 is 2.14. The molecule has 1 aromatic heterocycles. The minimum absolute atomic E-state index is 0.225. The number of benzene rings is 2. The average molecular weight is 304 g/mol. The molecule has 0 spiro atoms. The van der Waals surface area contributed by atoms with Gasteiger partial charge in [0.05, 0.1) is 0 Å². The first-order chi connectivity index (χ1) is 11.2. The van der Waals surface area contributed by atoms with E-state index >= 15 is 0 Å². The van der Waals surface area contributed by atoms with Crippen molar-refractivity contribution in [3.63, 3.8) is 0 Å². The summed E-state index contributed by atoms with van der Waals surface area (Å²) in [6.45, 7) is 0.813. The summed E-state index contributed by atoms with van der Waals surface area (Å²) in [4.78, 5) is 14.6. The van der Waals surface area contributed by atoms with Crippen molar-refractivity contribution in [3.8, 4) is 0 Å². The van der Waals surface area contributed by atoms with E-state index in [0.29, 0.717) is 6.42 Å². The van der Waals surface area contributed by atoms with E-state index in [1.165, 1.54) is 22.0 Å². The molecular weight excluding hydrogens is 284 g/mol. The number of hydrogen-bond donors (Lipinski definition) is 0. The molecule has 2 heterocycles. The summed E-state index contributed by atoms with van der Waals surface area (Å²) in [6, 6.07) is 16.6. The van der Waals surface area contributed by atoms with Crippen LogP contribution in [0.1, 0.15) is 17.5 Å². The Morgan fingerprint density at radius 1 is 1.09 bits per heavy atom. The Bertz CT molecular complexity index is 878. The third-order valence-electron chi connectivity index (χ3n) is 4.78. The molecule has 23 heavy (non-hydrogen) atoms. The van der Waals surface area contributed by atoms with Gasteiger partial charge in [0.2, 0.25) is 5.91 Å². The molecule has 3 heteroatoms. The number of hydrogen-bond acceptors (Lipinski definition) is 1. The van der Waals surface area contributed by atoms with Gasteiger partial charge in [0, 0.05) is 42.8 Å². The summed E-state index contributed by atoms with van der Waals surface area (Å²) in [5, 5.41) is 1.25. The maximum Gasteiger partial charge on any atom is 0.227 e. The lowest BCUT2D eigenvalue weighted by Gasteiger charge is -2.17. The Kier molecular flexibility index (Phi) is 3.41. The number of carbonyl (C=O) groups excluding carboxylic acids is 1. The van der Waals surface area contributed by atoms with Gasteiger partial charge in [0.15, 0.2) is 0 Å². The topological polar surface area (TPSA) is 25.2 Å². The zero-order valence-corrected chi connectivity index (χ0v) is 13.3. The molecule has 1 aliphatic rings. The Morgan fingerprint density at radius 3 is 2.78 bits per heavy atom. The van der Waals surface area contributed by atoms with E-state index in [-0.39, 0.29) is 5.91 Å². The van der Waals surface area contributed by atoms with Gasteiger partial charge in [-0.15, -0.1) is 0 Å². The first kappa shape index (κ1) is 14.1. The van der Waals surface area contributed by atoms with Crippen LogP contribution in [-0.4, -0.2) is 17.0 Å².